The number of ketones is 2. The number of fused-ring (bicyclic) bond motifs is 5. The minimum absolute atomic E-state index is 0.000601. The van der Waals surface area contributed by atoms with Gasteiger partial charge in [-0.3, -0.25) is 9.59 Å². The largest absolute Gasteiger partial charge is 0.300 e. The summed E-state index contributed by atoms with van der Waals surface area (Å²) in [6.07, 6.45) is 9.53. The van der Waals surface area contributed by atoms with Crippen LogP contribution in [0.15, 0.2) is 0 Å². The summed E-state index contributed by atoms with van der Waals surface area (Å²) in [4.78, 5) is 24.3. The molecule has 0 bridgehead atoms. The Morgan fingerprint density at radius 1 is 0.857 bits per heavy atom. The molecule has 0 heterocycles. The molecule has 4 aliphatic rings. The fourth-order valence-electron chi connectivity index (χ4n) is 6.84. The summed E-state index contributed by atoms with van der Waals surface area (Å²) in [5.74, 6) is 3.98. The first-order chi connectivity index (χ1) is 9.94. The first-order valence-electron chi connectivity index (χ1n) is 8.99. The lowest BCUT2D eigenvalue weighted by molar-refractivity contribution is -0.140. The first kappa shape index (κ1) is 14.0. The third-order valence-electron chi connectivity index (χ3n) is 8.00. The second-order valence-electron chi connectivity index (χ2n) is 8.91. The predicted molar refractivity (Wildman–Crippen MR) is 81.7 cm³/mol. The predicted octanol–water partition coefficient (Wildman–Crippen LogP) is 4.17. The van der Waals surface area contributed by atoms with Crippen molar-refractivity contribution in [1.29, 1.82) is 0 Å². The lowest BCUT2D eigenvalue weighted by Crippen LogP contribution is -2.52. The zero-order valence-corrected chi connectivity index (χ0v) is 13.5. The molecule has 0 spiro atoms. The molecule has 0 aromatic rings. The number of Topliss-reactive ketones (excluding diaryl/α,β-unsaturated/α-hetero) is 2. The van der Waals surface area contributed by atoms with Crippen molar-refractivity contribution < 1.29 is 9.59 Å². The second-order valence-corrected chi connectivity index (χ2v) is 8.91. The maximum atomic E-state index is 12.3. The van der Waals surface area contributed by atoms with E-state index >= 15 is 0 Å². The van der Waals surface area contributed by atoms with Crippen molar-refractivity contribution in [3.05, 3.63) is 0 Å². The first-order valence-corrected chi connectivity index (χ1v) is 8.99. The highest BCUT2D eigenvalue weighted by molar-refractivity contribution is 5.87. The topological polar surface area (TPSA) is 34.1 Å². The third kappa shape index (κ3) is 1.83. The smallest absolute Gasteiger partial charge is 0.139 e. The number of hydrogen-bond acceptors (Lipinski definition) is 2. The summed E-state index contributed by atoms with van der Waals surface area (Å²) in [5, 5.41) is 0. The minimum Gasteiger partial charge on any atom is -0.300 e. The Labute approximate surface area is 128 Å². The van der Waals surface area contributed by atoms with E-state index in [9.17, 15) is 9.59 Å². The molecule has 4 rings (SSSR count). The summed E-state index contributed by atoms with van der Waals surface area (Å²) in [6.45, 7) is 4.62. The fraction of sp³-hybridized carbons (Fsp3) is 0.895. The molecular formula is C19H28O2. The summed E-state index contributed by atoms with van der Waals surface area (Å²) in [7, 11) is 0. The van der Waals surface area contributed by atoms with Crippen LogP contribution in [0.4, 0.5) is 0 Å². The molecule has 0 aromatic heterocycles. The lowest BCUT2D eigenvalue weighted by atomic mass is 9.47. The van der Waals surface area contributed by atoms with Gasteiger partial charge in [0, 0.05) is 24.7 Å². The number of carbonyl (C=O) groups is 2. The fourth-order valence-corrected chi connectivity index (χ4v) is 6.84. The van der Waals surface area contributed by atoms with Gasteiger partial charge in [0.15, 0.2) is 0 Å². The van der Waals surface area contributed by atoms with Crippen LogP contribution in [0.5, 0.6) is 0 Å². The van der Waals surface area contributed by atoms with Crippen molar-refractivity contribution in [2.45, 2.75) is 71.6 Å². The minimum atomic E-state index is -0.000601. The van der Waals surface area contributed by atoms with Gasteiger partial charge in [-0.1, -0.05) is 13.8 Å². The molecule has 0 N–H and O–H groups in total. The van der Waals surface area contributed by atoms with Crippen LogP contribution in [0.2, 0.25) is 0 Å². The lowest BCUT2D eigenvalue weighted by Gasteiger charge is -2.57. The molecule has 0 aromatic carbocycles. The Hall–Kier alpha value is -0.660. The highest BCUT2D eigenvalue weighted by Crippen LogP contribution is 2.63. The van der Waals surface area contributed by atoms with Crippen molar-refractivity contribution in [3.8, 4) is 0 Å². The zero-order chi connectivity index (χ0) is 14.8. The van der Waals surface area contributed by atoms with Gasteiger partial charge in [0.25, 0.3) is 0 Å². The Morgan fingerprint density at radius 2 is 1.52 bits per heavy atom. The van der Waals surface area contributed by atoms with E-state index in [1.165, 1.54) is 19.3 Å². The number of rotatable bonds is 0. The van der Waals surface area contributed by atoms with Crippen LogP contribution in [0.3, 0.4) is 0 Å². The van der Waals surface area contributed by atoms with E-state index < -0.39 is 0 Å². The quantitative estimate of drug-likeness (QED) is 0.670. The molecule has 116 valence electrons. The standard InChI is InChI=1S/C19H28O2/c1-18-9-7-14-13(15(18)4-3-12(20)11-18)8-10-19(2)16(14)5-6-17(19)21/h13-16H,3-11H2,1-2H3/t13?,14?,15?,16?,18-,19?/m1/s1. The molecule has 5 unspecified atom stereocenters. The molecule has 21 heavy (non-hydrogen) atoms. The van der Waals surface area contributed by atoms with E-state index in [0.717, 1.165) is 56.3 Å². The third-order valence-corrected chi connectivity index (χ3v) is 8.00. The van der Waals surface area contributed by atoms with Crippen molar-refractivity contribution in [2.24, 2.45) is 34.5 Å². The van der Waals surface area contributed by atoms with Crippen LogP contribution >= 0.6 is 0 Å². The Bertz CT molecular complexity index is 496. The Balaban J connectivity index is 1.63. The van der Waals surface area contributed by atoms with E-state index in [0.29, 0.717) is 17.5 Å². The zero-order valence-electron chi connectivity index (χ0n) is 13.5. The van der Waals surface area contributed by atoms with Crippen molar-refractivity contribution in [2.75, 3.05) is 0 Å². The maximum Gasteiger partial charge on any atom is 0.139 e. The normalized spacial score (nSPS) is 53.0. The molecule has 0 amide bonds. The van der Waals surface area contributed by atoms with Crippen molar-refractivity contribution >= 4 is 11.6 Å². The van der Waals surface area contributed by atoms with E-state index in [1.807, 2.05) is 0 Å². The van der Waals surface area contributed by atoms with Gasteiger partial charge in [-0.2, -0.15) is 0 Å². The van der Waals surface area contributed by atoms with E-state index in [-0.39, 0.29) is 10.8 Å². The van der Waals surface area contributed by atoms with Gasteiger partial charge >= 0.3 is 0 Å². The van der Waals surface area contributed by atoms with Crippen LogP contribution in [-0.4, -0.2) is 11.6 Å². The van der Waals surface area contributed by atoms with Crippen molar-refractivity contribution in [1.82, 2.24) is 0 Å². The molecule has 6 atom stereocenters. The molecule has 0 radical (unpaired) electrons. The van der Waals surface area contributed by atoms with Gasteiger partial charge in [0.05, 0.1) is 0 Å². The monoisotopic (exact) mass is 288 g/mol. The molecule has 2 heteroatoms. The van der Waals surface area contributed by atoms with Crippen molar-refractivity contribution in [3.63, 3.8) is 0 Å². The van der Waals surface area contributed by atoms with E-state index in [4.69, 9.17) is 0 Å². The van der Waals surface area contributed by atoms with Gasteiger partial charge in [0.1, 0.15) is 11.6 Å². The molecule has 4 aliphatic carbocycles. The molecular weight excluding hydrogens is 260 g/mol. The van der Waals surface area contributed by atoms with Gasteiger partial charge in [-0.05, 0) is 67.6 Å². The highest BCUT2D eigenvalue weighted by Gasteiger charge is 2.59. The molecule has 0 saturated heterocycles. The SMILES string of the molecule is CC12CCC3C(CC[C@]4(C)CC(=O)CCC34)C1CCC2=O. The molecule has 4 saturated carbocycles. The second kappa shape index (κ2) is 4.43. The Morgan fingerprint density at radius 3 is 2.33 bits per heavy atom. The van der Waals surface area contributed by atoms with Crippen LogP contribution in [0.1, 0.15) is 71.6 Å². The van der Waals surface area contributed by atoms with Crippen LogP contribution in [-0.2, 0) is 9.59 Å². The van der Waals surface area contributed by atoms with Gasteiger partial charge in [0.2, 0.25) is 0 Å². The van der Waals surface area contributed by atoms with Gasteiger partial charge in [-0.15, -0.1) is 0 Å². The number of carbonyl (C=O) groups excluding carboxylic acids is 2. The highest BCUT2D eigenvalue weighted by atomic mass is 16.1. The number of hydrogen-bond donors (Lipinski definition) is 0. The molecule has 0 aliphatic heterocycles. The Kier molecular flexibility index (Phi) is 2.94. The molecule has 4 fully saturated rings. The van der Waals surface area contributed by atoms with Gasteiger partial charge < -0.3 is 0 Å². The summed E-state index contributed by atoms with van der Waals surface area (Å²) in [5.41, 5.74) is 0.270. The average Bonchev–Trinajstić information content (AvgIpc) is 2.73. The summed E-state index contributed by atoms with van der Waals surface area (Å²) >= 11 is 0. The van der Waals surface area contributed by atoms with Crippen LogP contribution in [0, 0.1) is 34.5 Å². The average molecular weight is 288 g/mol. The summed E-state index contributed by atoms with van der Waals surface area (Å²) in [6, 6.07) is 0. The van der Waals surface area contributed by atoms with E-state index in [2.05, 4.69) is 13.8 Å². The van der Waals surface area contributed by atoms with Crippen LogP contribution < -0.4 is 0 Å². The molecule has 2 nitrogen and oxygen atoms in total. The van der Waals surface area contributed by atoms with Gasteiger partial charge in [-0.25, -0.2) is 0 Å². The van der Waals surface area contributed by atoms with E-state index in [1.54, 1.807) is 0 Å². The maximum absolute atomic E-state index is 12.3. The van der Waals surface area contributed by atoms with Crippen LogP contribution in [0.25, 0.3) is 0 Å². The summed E-state index contributed by atoms with van der Waals surface area (Å²) < 4.78 is 0.